The molecular formula is C19H18ClF3N4O4. The van der Waals surface area contributed by atoms with Crippen LogP contribution in [0.2, 0.25) is 5.02 Å². The molecule has 0 saturated heterocycles. The fourth-order valence-corrected chi connectivity index (χ4v) is 3.23. The van der Waals surface area contributed by atoms with Crippen LogP contribution in [0.3, 0.4) is 0 Å². The number of anilines is 1. The summed E-state index contributed by atoms with van der Waals surface area (Å²) in [5, 5.41) is 11.8. The molecule has 1 unspecified atom stereocenters. The highest BCUT2D eigenvalue weighted by molar-refractivity contribution is 6.31. The maximum absolute atomic E-state index is 12.9. The molecule has 2 atom stereocenters. The number of hydrogen-bond acceptors (Lipinski definition) is 6. The van der Waals surface area contributed by atoms with Crippen LogP contribution in [-0.2, 0) is 11.3 Å². The van der Waals surface area contributed by atoms with Crippen molar-refractivity contribution in [1.82, 2.24) is 14.9 Å². The average molecular weight is 459 g/mol. The molecule has 2 aromatic heterocycles. The van der Waals surface area contributed by atoms with E-state index in [0.717, 1.165) is 0 Å². The van der Waals surface area contributed by atoms with Crippen molar-refractivity contribution in [3.05, 3.63) is 46.2 Å². The first-order chi connectivity index (χ1) is 14.5. The normalized spacial score (nSPS) is 15.5. The number of hydrogen-bond donors (Lipinski definition) is 2. The van der Waals surface area contributed by atoms with Gasteiger partial charge in [-0.15, -0.1) is 0 Å². The van der Waals surface area contributed by atoms with Crippen molar-refractivity contribution in [2.75, 3.05) is 11.9 Å². The van der Waals surface area contributed by atoms with Crippen LogP contribution < -0.4 is 10.1 Å². The Morgan fingerprint density at radius 3 is 2.71 bits per heavy atom. The fraction of sp³-hybridized carbons (Fsp3) is 0.368. The number of pyridine rings is 2. The predicted octanol–water partition coefficient (Wildman–Crippen LogP) is 3.11. The van der Waals surface area contributed by atoms with Gasteiger partial charge in [-0.1, -0.05) is 11.6 Å². The molecule has 0 spiro atoms. The summed E-state index contributed by atoms with van der Waals surface area (Å²) in [7, 11) is 0. The Bertz CT molecular complexity index is 1020. The Labute approximate surface area is 180 Å². The second kappa shape index (κ2) is 8.67. The van der Waals surface area contributed by atoms with Crippen molar-refractivity contribution < 1.29 is 32.6 Å². The van der Waals surface area contributed by atoms with E-state index >= 15 is 0 Å². The van der Waals surface area contributed by atoms with Gasteiger partial charge in [0.15, 0.2) is 6.61 Å². The molecule has 166 valence electrons. The van der Waals surface area contributed by atoms with E-state index in [1.165, 1.54) is 36.4 Å². The molecule has 2 aromatic rings. The van der Waals surface area contributed by atoms with E-state index in [-0.39, 0.29) is 29.2 Å². The Hall–Kier alpha value is -2.92. The highest BCUT2D eigenvalue weighted by atomic mass is 35.5. The van der Waals surface area contributed by atoms with Gasteiger partial charge in [0.1, 0.15) is 16.9 Å². The van der Waals surface area contributed by atoms with Crippen LogP contribution >= 0.6 is 11.6 Å². The second-order valence-corrected chi connectivity index (χ2v) is 7.33. The van der Waals surface area contributed by atoms with Gasteiger partial charge in [-0.3, -0.25) is 9.59 Å². The molecule has 0 radical (unpaired) electrons. The van der Waals surface area contributed by atoms with Crippen LogP contribution in [0.5, 0.6) is 5.88 Å². The summed E-state index contributed by atoms with van der Waals surface area (Å²) in [5.74, 6) is -1.19. The zero-order valence-corrected chi connectivity index (χ0v) is 17.2. The number of halogens is 4. The van der Waals surface area contributed by atoms with E-state index < -0.39 is 30.8 Å². The number of amides is 2. The molecule has 0 saturated carbocycles. The molecule has 31 heavy (non-hydrogen) atoms. The molecule has 1 aliphatic rings. The molecule has 3 rings (SSSR count). The van der Waals surface area contributed by atoms with Crippen LogP contribution in [0.25, 0.3) is 0 Å². The molecule has 0 aromatic carbocycles. The van der Waals surface area contributed by atoms with Gasteiger partial charge in [0, 0.05) is 23.5 Å². The summed E-state index contributed by atoms with van der Waals surface area (Å²) in [5.41, 5.74) is 1.30. The third-order valence-corrected chi connectivity index (χ3v) is 4.92. The van der Waals surface area contributed by atoms with Crippen LogP contribution in [-0.4, -0.2) is 50.7 Å². The summed E-state index contributed by atoms with van der Waals surface area (Å²) in [4.78, 5) is 34.1. The number of nitrogens with zero attached hydrogens (tertiary/aromatic N) is 3. The van der Waals surface area contributed by atoms with Crippen molar-refractivity contribution in [3.63, 3.8) is 0 Å². The lowest BCUT2D eigenvalue weighted by Crippen LogP contribution is -2.27. The number of nitrogens with one attached hydrogen (secondary N) is 1. The number of carbonyl (C=O) groups is 2. The zero-order chi connectivity index (χ0) is 22.9. The lowest BCUT2D eigenvalue weighted by molar-refractivity contribution is -0.154. The minimum Gasteiger partial charge on any atom is -0.467 e. The van der Waals surface area contributed by atoms with Crippen LogP contribution in [0.1, 0.15) is 41.4 Å². The van der Waals surface area contributed by atoms with Gasteiger partial charge < -0.3 is 20.1 Å². The highest BCUT2D eigenvalue weighted by Gasteiger charge is 2.34. The van der Waals surface area contributed by atoms with Gasteiger partial charge in [0.2, 0.25) is 5.88 Å². The standard InChI is InChI=1S/C19H18ClF3N4O4/c1-9(11-5-14(20)17(25-6-11)31-8-19(21,22)23)27-7-13-12(18(27)30)3-4-24-15(13)26-16(29)10(2)28/h3-6,9-10,28H,7-8H2,1-2H3,(H,24,26,29)/t9?,10-/m0/s1. The molecule has 2 amide bonds. The van der Waals surface area contributed by atoms with Gasteiger partial charge in [-0.05, 0) is 31.5 Å². The van der Waals surface area contributed by atoms with Crippen LogP contribution in [0.4, 0.5) is 19.0 Å². The van der Waals surface area contributed by atoms with E-state index in [9.17, 15) is 27.9 Å². The molecule has 2 N–H and O–H groups in total. The summed E-state index contributed by atoms with van der Waals surface area (Å²) in [6.07, 6.45) is -3.13. The first-order valence-electron chi connectivity index (χ1n) is 9.10. The lowest BCUT2D eigenvalue weighted by Gasteiger charge is -2.25. The number of ether oxygens (including phenoxy) is 1. The third-order valence-electron chi connectivity index (χ3n) is 4.65. The number of alkyl halides is 3. The monoisotopic (exact) mass is 458 g/mol. The predicted molar refractivity (Wildman–Crippen MR) is 104 cm³/mol. The maximum atomic E-state index is 12.9. The lowest BCUT2D eigenvalue weighted by atomic mass is 10.1. The molecule has 8 nitrogen and oxygen atoms in total. The van der Waals surface area contributed by atoms with Gasteiger partial charge in [0.25, 0.3) is 11.8 Å². The first kappa shape index (κ1) is 22.8. The number of fused-ring (bicyclic) bond motifs is 1. The molecule has 0 bridgehead atoms. The number of aromatic nitrogens is 2. The van der Waals surface area contributed by atoms with E-state index in [1.54, 1.807) is 6.92 Å². The molecule has 12 heteroatoms. The largest absolute Gasteiger partial charge is 0.467 e. The minimum atomic E-state index is -4.53. The Balaban J connectivity index is 1.80. The quantitative estimate of drug-likeness (QED) is 0.689. The van der Waals surface area contributed by atoms with Gasteiger partial charge >= 0.3 is 6.18 Å². The molecule has 0 fully saturated rings. The maximum Gasteiger partial charge on any atom is 0.422 e. The van der Waals surface area contributed by atoms with E-state index in [1.807, 2.05) is 0 Å². The highest BCUT2D eigenvalue weighted by Crippen LogP contribution is 2.35. The number of aliphatic hydroxyl groups excluding tert-OH is 1. The minimum absolute atomic E-state index is 0.114. The SMILES string of the molecule is CC(c1cnc(OCC(F)(F)F)c(Cl)c1)N1Cc2c(ccnc2NC(=O)[C@H](C)O)C1=O. The van der Waals surface area contributed by atoms with E-state index in [2.05, 4.69) is 20.0 Å². The van der Waals surface area contributed by atoms with Crippen molar-refractivity contribution in [2.24, 2.45) is 0 Å². The average Bonchev–Trinajstić information content (AvgIpc) is 3.03. The Kier molecular flexibility index (Phi) is 6.37. The van der Waals surface area contributed by atoms with Crippen LogP contribution in [0.15, 0.2) is 24.5 Å². The van der Waals surface area contributed by atoms with Gasteiger partial charge in [0.05, 0.1) is 12.6 Å². The number of carbonyl (C=O) groups excluding carboxylic acids is 2. The topological polar surface area (TPSA) is 105 Å². The summed E-state index contributed by atoms with van der Waals surface area (Å²) in [6, 6.07) is 2.36. The Morgan fingerprint density at radius 1 is 1.39 bits per heavy atom. The molecule has 3 heterocycles. The Morgan fingerprint density at radius 2 is 2.10 bits per heavy atom. The van der Waals surface area contributed by atoms with E-state index in [4.69, 9.17) is 11.6 Å². The summed E-state index contributed by atoms with van der Waals surface area (Å²) < 4.78 is 41.6. The molecule has 1 aliphatic heterocycles. The zero-order valence-electron chi connectivity index (χ0n) is 16.4. The smallest absolute Gasteiger partial charge is 0.422 e. The van der Waals surface area contributed by atoms with Gasteiger partial charge in [-0.25, -0.2) is 9.97 Å². The van der Waals surface area contributed by atoms with Crippen molar-refractivity contribution >= 4 is 29.2 Å². The van der Waals surface area contributed by atoms with Gasteiger partial charge in [-0.2, -0.15) is 13.2 Å². The molecule has 0 aliphatic carbocycles. The third kappa shape index (κ3) is 5.05. The summed E-state index contributed by atoms with van der Waals surface area (Å²) in [6.45, 7) is 1.59. The van der Waals surface area contributed by atoms with Crippen molar-refractivity contribution in [3.8, 4) is 5.88 Å². The number of aliphatic hydroxyl groups is 1. The van der Waals surface area contributed by atoms with Crippen molar-refractivity contribution in [1.29, 1.82) is 0 Å². The molecular weight excluding hydrogens is 441 g/mol. The number of rotatable bonds is 6. The van der Waals surface area contributed by atoms with Crippen LogP contribution in [0, 0.1) is 0 Å². The van der Waals surface area contributed by atoms with Crippen molar-refractivity contribution in [2.45, 2.75) is 38.7 Å². The van der Waals surface area contributed by atoms with E-state index in [0.29, 0.717) is 16.7 Å². The second-order valence-electron chi connectivity index (χ2n) is 6.92. The first-order valence-corrected chi connectivity index (χ1v) is 9.48. The fourth-order valence-electron chi connectivity index (χ4n) is 3.00. The summed E-state index contributed by atoms with van der Waals surface area (Å²) >= 11 is 6.01.